The van der Waals surface area contributed by atoms with Crippen molar-refractivity contribution in [1.82, 2.24) is 0 Å². The summed E-state index contributed by atoms with van der Waals surface area (Å²) >= 11 is 0. The van der Waals surface area contributed by atoms with Crippen molar-refractivity contribution in [2.45, 2.75) is 24.4 Å². The number of aliphatic hydroxyl groups is 4. The van der Waals surface area contributed by atoms with E-state index in [2.05, 4.69) is 0 Å². The zero-order chi connectivity index (χ0) is 15.3. The number of phenolic OH excluding ortho intramolecular Hbond substituents is 1. The number of hydrogen-bond donors (Lipinski definition) is 6. The molecule has 0 saturated carbocycles. The molecular formula is C13H17NO6. The number of aromatic hydroxyl groups is 1. The van der Waals surface area contributed by atoms with Crippen LogP contribution in [0.15, 0.2) is 30.0 Å². The van der Waals surface area contributed by atoms with E-state index in [4.69, 9.17) is 5.73 Å². The fraction of sp³-hybridized carbons (Fsp3) is 0.308. The number of para-hydroxylation sites is 1. The van der Waals surface area contributed by atoms with Gasteiger partial charge in [0, 0.05) is 5.56 Å². The van der Waals surface area contributed by atoms with Gasteiger partial charge in [-0.15, -0.1) is 0 Å². The minimum Gasteiger partial charge on any atom is -0.509 e. The molecule has 0 aromatic heterocycles. The van der Waals surface area contributed by atoms with E-state index in [1.54, 1.807) is 12.1 Å². The Kier molecular flexibility index (Phi) is 5.66. The molecule has 7 N–H and O–H groups in total. The number of carbonyl (C=O) groups excluding carboxylic acids is 1. The third-order valence-corrected chi connectivity index (χ3v) is 2.77. The molecule has 110 valence electrons. The number of hydrogen-bond acceptors (Lipinski definition) is 7. The number of aliphatic hydroxyl groups excluding tert-OH is 4. The van der Waals surface area contributed by atoms with E-state index >= 15 is 0 Å². The van der Waals surface area contributed by atoms with Gasteiger partial charge in [-0.2, -0.15) is 0 Å². The third-order valence-electron chi connectivity index (χ3n) is 2.77. The van der Waals surface area contributed by atoms with E-state index in [0.29, 0.717) is 0 Å². The SMILES string of the molecule is N[C@@H](C=O)[C@@H](O)[C@H](O)[C@H](O)C(O)=Cc1ccccc1O. The van der Waals surface area contributed by atoms with Crippen LogP contribution in [-0.4, -0.2) is 56.2 Å². The minimum atomic E-state index is -1.85. The van der Waals surface area contributed by atoms with Crippen LogP contribution in [0.1, 0.15) is 5.56 Å². The maximum atomic E-state index is 10.4. The first kappa shape index (κ1) is 16.1. The van der Waals surface area contributed by atoms with Gasteiger partial charge in [0.05, 0.1) is 6.04 Å². The Labute approximate surface area is 115 Å². The number of nitrogens with two attached hydrogens (primary N) is 1. The lowest BCUT2D eigenvalue weighted by atomic mass is 10.00. The van der Waals surface area contributed by atoms with Gasteiger partial charge in [-0.05, 0) is 12.1 Å². The highest BCUT2D eigenvalue weighted by atomic mass is 16.4. The van der Waals surface area contributed by atoms with Crippen LogP contribution in [0.5, 0.6) is 5.75 Å². The number of phenols is 1. The van der Waals surface area contributed by atoms with Crippen molar-refractivity contribution in [3.8, 4) is 5.75 Å². The van der Waals surface area contributed by atoms with Gasteiger partial charge in [-0.1, -0.05) is 18.2 Å². The lowest BCUT2D eigenvalue weighted by Crippen LogP contribution is -2.49. The van der Waals surface area contributed by atoms with Crippen molar-refractivity contribution in [2.75, 3.05) is 0 Å². The fourth-order valence-corrected chi connectivity index (χ4v) is 1.52. The van der Waals surface area contributed by atoms with Crippen LogP contribution in [-0.2, 0) is 4.79 Å². The molecule has 0 fully saturated rings. The van der Waals surface area contributed by atoms with Crippen LogP contribution < -0.4 is 5.73 Å². The van der Waals surface area contributed by atoms with Gasteiger partial charge in [0.1, 0.15) is 36.1 Å². The lowest BCUT2D eigenvalue weighted by Gasteiger charge is -2.24. The number of rotatable bonds is 6. The highest BCUT2D eigenvalue weighted by Gasteiger charge is 2.31. The summed E-state index contributed by atoms with van der Waals surface area (Å²) < 4.78 is 0. The number of aldehydes is 1. The van der Waals surface area contributed by atoms with E-state index < -0.39 is 30.1 Å². The topological polar surface area (TPSA) is 144 Å². The van der Waals surface area contributed by atoms with Gasteiger partial charge in [0.2, 0.25) is 0 Å². The van der Waals surface area contributed by atoms with Gasteiger partial charge in [-0.25, -0.2) is 0 Å². The largest absolute Gasteiger partial charge is 0.509 e. The Morgan fingerprint density at radius 1 is 1.15 bits per heavy atom. The number of carbonyl (C=O) groups is 1. The molecule has 1 rings (SSSR count). The molecular weight excluding hydrogens is 266 g/mol. The Hall–Kier alpha value is -1.93. The fourth-order valence-electron chi connectivity index (χ4n) is 1.52. The van der Waals surface area contributed by atoms with Crippen molar-refractivity contribution >= 4 is 12.4 Å². The Morgan fingerprint density at radius 3 is 2.30 bits per heavy atom. The molecule has 4 atom stereocenters. The highest BCUT2D eigenvalue weighted by Crippen LogP contribution is 2.20. The van der Waals surface area contributed by atoms with Gasteiger partial charge < -0.3 is 36.1 Å². The molecule has 0 radical (unpaired) electrons. The molecule has 1 aromatic carbocycles. The summed E-state index contributed by atoms with van der Waals surface area (Å²) in [5, 5.41) is 47.9. The van der Waals surface area contributed by atoms with Crippen LogP contribution in [0.4, 0.5) is 0 Å². The molecule has 0 heterocycles. The predicted octanol–water partition coefficient (Wildman–Crippen LogP) is -1.10. The lowest BCUT2D eigenvalue weighted by molar-refractivity contribution is -0.116. The van der Waals surface area contributed by atoms with Gasteiger partial charge in [0.15, 0.2) is 0 Å². The first-order chi connectivity index (χ1) is 9.38. The Bertz CT molecular complexity index is 490. The molecule has 0 saturated heterocycles. The molecule has 0 aliphatic carbocycles. The van der Waals surface area contributed by atoms with Crippen LogP contribution in [0, 0.1) is 0 Å². The van der Waals surface area contributed by atoms with Gasteiger partial charge >= 0.3 is 0 Å². The van der Waals surface area contributed by atoms with E-state index in [9.17, 15) is 30.3 Å². The second-order valence-electron chi connectivity index (χ2n) is 4.27. The summed E-state index contributed by atoms with van der Waals surface area (Å²) in [6.07, 6.45) is -4.19. The van der Waals surface area contributed by atoms with E-state index in [0.717, 1.165) is 6.08 Å². The monoisotopic (exact) mass is 283 g/mol. The van der Waals surface area contributed by atoms with Gasteiger partial charge in [-0.3, -0.25) is 0 Å². The van der Waals surface area contributed by atoms with Crippen LogP contribution >= 0.6 is 0 Å². The van der Waals surface area contributed by atoms with Gasteiger partial charge in [0.25, 0.3) is 0 Å². The summed E-state index contributed by atoms with van der Waals surface area (Å²) in [6, 6.07) is 4.62. The maximum Gasteiger partial charge on any atom is 0.139 e. The molecule has 1 aromatic rings. The number of benzene rings is 1. The minimum absolute atomic E-state index is 0.133. The molecule has 0 bridgehead atoms. The second-order valence-corrected chi connectivity index (χ2v) is 4.27. The first-order valence-corrected chi connectivity index (χ1v) is 5.82. The normalized spacial score (nSPS) is 18.1. The van der Waals surface area contributed by atoms with Crippen LogP contribution in [0.25, 0.3) is 6.08 Å². The molecule has 20 heavy (non-hydrogen) atoms. The Morgan fingerprint density at radius 2 is 1.75 bits per heavy atom. The summed E-state index contributed by atoms with van der Waals surface area (Å²) in [7, 11) is 0. The molecule has 7 heteroatoms. The zero-order valence-electron chi connectivity index (χ0n) is 10.5. The van der Waals surface area contributed by atoms with Crippen molar-refractivity contribution in [2.24, 2.45) is 5.73 Å². The molecule has 0 aliphatic heterocycles. The third kappa shape index (κ3) is 3.78. The summed E-state index contributed by atoms with van der Waals surface area (Å²) in [6.45, 7) is 0. The summed E-state index contributed by atoms with van der Waals surface area (Å²) in [4.78, 5) is 10.4. The van der Waals surface area contributed by atoms with Crippen molar-refractivity contribution in [3.63, 3.8) is 0 Å². The molecule has 0 spiro atoms. The standard InChI is InChI=1S/C13H17NO6/c14-8(6-15)11(18)13(20)12(19)10(17)5-7-3-1-2-4-9(7)16/h1-6,8,11-13,16-20H,14H2/t8-,11+,12+,13-/m0/s1. The molecule has 0 unspecified atom stereocenters. The highest BCUT2D eigenvalue weighted by molar-refractivity contribution is 5.59. The zero-order valence-corrected chi connectivity index (χ0v) is 10.5. The van der Waals surface area contributed by atoms with Crippen molar-refractivity contribution in [3.05, 3.63) is 35.6 Å². The van der Waals surface area contributed by atoms with E-state index in [1.807, 2.05) is 0 Å². The molecule has 0 amide bonds. The smallest absolute Gasteiger partial charge is 0.139 e. The average Bonchev–Trinajstić information content (AvgIpc) is 2.46. The molecule has 0 aliphatic rings. The van der Waals surface area contributed by atoms with Crippen molar-refractivity contribution in [1.29, 1.82) is 0 Å². The van der Waals surface area contributed by atoms with Crippen LogP contribution in [0.3, 0.4) is 0 Å². The van der Waals surface area contributed by atoms with Crippen molar-refractivity contribution < 1.29 is 30.3 Å². The first-order valence-electron chi connectivity index (χ1n) is 5.82. The van der Waals surface area contributed by atoms with E-state index in [1.165, 1.54) is 12.1 Å². The summed E-state index contributed by atoms with van der Waals surface area (Å²) in [5.41, 5.74) is 5.42. The summed E-state index contributed by atoms with van der Waals surface area (Å²) in [5.74, 6) is -0.818. The van der Waals surface area contributed by atoms with Crippen LogP contribution in [0.2, 0.25) is 0 Å². The Balaban J connectivity index is 2.88. The second kappa shape index (κ2) is 7.01. The maximum absolute atomic E-state index is 10.4. The molecule has 7 nitrogen and oxygen atoms in total. The quantitative estimate of drug-likeness (QED) is 0.287. The van der Waals surface area contributed by atoms with E-state index in [-0.39, 0.29) is 17.6 Å². The average molecular weight is 283 g/mol. The predicted molar refractivity (Wildman–Crippen MR) is 70.8 cm³/mol.